The maximum absolute atomic E-state index is 11.1. The van der Waals surface area contributed by atoms with Crippen molar-refractivity contribution in [1.82, 2.24) is 14.7 Å². The van der Waals surface area contributed by atoms with Gasteiger partial charge >= 0.3 is 0 Å². The summed E-state index contributed by atoms with van der Waals surface area (Å²) in [6.07, 6.45) is 1.000. The summed E-state index contributed by atoms with van der Waals surface area (Å²) in [5, 5.41) is 15.9. The molecule has 0 radical (unpaired) electrons. The van der Waals surface area contributed by atoms with E-state index in [4.69, 9.17) is 19.0 Å². The molecule has 2 heterocycles. The second kappa shape index (κ2) is 11.8. The summed E-state index contributed by atoms with van der Waals surface area (Å²) < 4.78 is 19.3. The van der Waals surface area contributed by atoms with Gasteiger partial charge in [-0.1, -0.05) is 48.5 Å². The van der Waals surface area contributed by atoms with Crippen LogP contribution >= 0.6 is 0 Å². The topological polar surface area (TPSA) is 72.9 Å². The number of aryl methyl sites for hydroxylation is 1. The number of nitrogens with zero attached hydrogens (tertiary/aromatic N) is 3. The molecule has 1 atom stereocenters. The Morgan fingerprint density at radius 2 is 1.55 bits per heavy atom. The van der Waals surface area contributed by atoms with E-state index in [9.17, 15) is 5.11 Å². The van der Waals surface area contributed by atoms with Gasteiger partial charge in [0.1, 0.15) is 17.3 Å². The van der Waals surface area contributed by atoms with Gasteiger partial charge in [0.25, 0.3) is 0 Å². The summed E-state index contributed by atoms with van der Waals surface area (Å²) in [7, 11) is 1.64. The standard InChI is InChI=1S/C31H31N3O4/c1-23-29(21-33(20-28-14-9-19-37-28)22-30(35)24-10-5-3-6-11-24)31(34(32-23)25-12-7-4-8-13-25)38-27-17-15-26(36-2)16-18-27/h3-19,30,35H,20-22H2,1-2H3. The molecule has 0 saturated carbocycles. The van der Waals surface area contributed by atoms with Gasteiger partial charge in [-0.15, -0.1) is 0 Å². The molecule has 1 unspecified atom stereocenters. The molecular weight excluding hydrogens is 478 g/mol. The van der Waals surface area contributed by atoms with Crippen molar-refractivity contribution >= 4 is 0 Å². The Morgan fingerprint density at radius 1 is 0.868 bits per heavy atom. The molecule has 0 fully saturated rings. The quantitative estimate of drug-likeness (QED) is 0.225. The van der Waals surface area contributed by atoms with Crippen molar-refractivity contribution in [2.45, 2.75) is 26.1 Å². The molecule has 2 aromatic heterocycles. The number of ether oxygens (including phenoxy) is 2. The maximum Gasteiger partial charge on any atom is 0.227 e. The van der Waals surface area contributed by atoms with E-state index < -0.39 is 6.10 Å². The van der Waals surface area contributed by atoms with Crippen LogP contribution in [0.15, 0.2) is 108 Å². The van der Waals surface area contributed by atoms with Crippen LogP contribution in [0.2, 0.25) is 0 Å². The molecule has 7 nitrogen and oxygen atoms in total. The van der Waals surface area contributed by atoms with Crippen molar-refractivity contribution in [3.8, 4) is 23.1 Å². The Hall–Kier alpha value is -4.33. The molecule has 0 aliphatic carbocycles. The van der Waals surface area contributed by atoms with Crippen molar-refractivity contribution in [3.63, 3.8) is 0 Å². The number of furan rings is 1. The molecule has 7 heteroatoms. The highest BCUT2D eigenvalue weighted by atomic mass is 16.5. The van der Waals surface area contributed by atoms with Crippen LogP contribution in [0.3, 0.4) is 0 Å². The second-order valence-electron chi connectivity index (χ2n) is 9.07. The minimum atomic E-state index is -0.665. The van der Waals surface area contributed by atoms with E-state index in [0.29, 0.717) is 31.3 Å². The van der Waals surface area contributed by atoms with Crippen molar-refractivity contribution in [2.24, 2.45) is 0 Å². The van der Waals surface area contributed by atoms with E-state index in [1.807, 2.05) is 109 Å². The van der Waals surface area contributed by atoms with Crippen LogP contribution in [0.25, 0.3) is 5.69 Å². The molecule has 5 rings (SSSR count). The lowest BCUT2D eigenvalue weighted by atomic mass is 10.1. The molecule has 0 spiro atoms. The number of hydrogen-bond donors (Lipinski definition) is 1. The average Bonchev–Trinajstić information content (AvgIpc) is 3.58. The van der Waals surface area contributed by atoms with E-state index >= 15 is 0 Å². The minimum absolute atomic E-state index is 0.405. The van der Waals surface area contributed by atoms with Crippen LogP contribution in [-0.4, -0.2) is 33.4 Å². The number of aromatic nitrogens is 2. The number of para-hydroxylation sites is 1. The van der Waals surface area contributed by atoms with Crippen molar-refractivity contribution in [2.75, 3.05) is 13.7 Å². The smallest absolute Gasteiger partial charge is 0.227 e. The van der Waals surface area contributed by atoms with Crippen molar-refractivity contribution in [1.29, 1.82) is 0 Å². The molecule has 0 amide bonds. The van der Waals surface area contributed by atoms with Crippen LogP contribution in [0, 0.1) is 6.92 Å². The summed E-state index contributed by atoms with van der Waals surface area (Å²) in [4.78, 5) is 2.15. The maximum atomic E-state index is 11.1. The summed E-state index contributed by atoms with van der Waals surface area (Å²) in [5.74, 6) is 2.87. The van der Waals surface area contributed by atoms with Gasteiger partial charge in [-0.25, -0.2) is 4.68 Å². The first-order valence-electron chi connectivity index (χ1n) is 12.5. The van der Waals surface area contributed by atoms with Gasteiger partial charge in [0.05, 0.1) is 43.0 Å². The van der Waals surface area contributed by atoms with Gasteiger partial charge in [0.15, 0.2) is 0 Å². The minimum Gasteiger partial charge on any atom is -0.497 e. The van der Waals surface area contributed by atoms with Gasteiger partial charge in [-0.3, -0.25) is 4.90 Å². The van der Waals surface area contributed by atoms with Gasteiger partial charge in [-0.2, -0.15) is 5.10 Å². The summed E-state index contributed by atoms with van der Waals surface area (Å²) >= 11 is 0. The summed E-state index contributed by atoms with van der Waals surface area (Å²) in [6, 6.07) is 30.9. The normalized spacial score (nSPS) is 12.0. The highest BCUT2D eigenvalue weighted by molar-refractivity contribution is 5.44. The molecule has 0 saturated heterocycles. The SMILES string of the molecule is COc1ccc(Oc2c(CN(Cc3ccco3)CC(O)c3ccccc3)c(C)nn2-c2ccccc2)cc1. The third-order valence-corrected chi connectivity index (χ3v) is 6.37. The predicted octanol–water partition coefficient (Wildman–Crippen LogP) is 6.31. The molecule has 0 bridgehead atoms. The zero-order chi connectivity index (χ0) is 26.3. The largest absolute Gasteiger partial charge is 0.497 e. The molecule has 1 N–H and O–H groups in total. The van der Waals surface area contributed by atoms with Crippen molar-refractivity contribution in [3.05, 3.63) is 126 Å². The Bertz CT molecular complexity index is 1420. The second-order valence-corrected chi connectivity index (χ2v) is 9.07. The first kappa shape index (κ1) is 25.3. The predicted molar refractivity (Wildman–Crippen MR) is 146 cm³/mol. The third kappa shape index (κ3) is 5.96. The highest BCUT2D eigenvalue weighted by Crippen LogP contribution is 2.33. The fraction of sp³-hybridized carbons (Fsp3) is 0.194. The van der Waals surface area contributed by atoms with E-state index in [2.05, 4.69) is 4.90 Å². The summed E-state index contributed by atoms with van der Waals surface area (Å²) in [6.45, 7) is 3.40. The summed E-state index contributed by atoms with van der Waals surface area (Å²) in [5.41, 5.74) is 3.53. The monoisotopic (exact) mass is 509 g/mol. The van der Waals surface area contributed by atoms with Gasteiger partial charge in [0.2, 0.25) is 5.88 Å². The Kier molecular flexibility index (Phi) is 7.87. The lowest BCUT2D eigenvalue weighted by Crippen LogP contribution is -2.28. The molecule has 3 aromatic carbocycles. The average molecular weight is 510 g/mol. The zero-order valence-electron chi connectivity index (χ0n) is 21.5. The lowest BCUT2D eigenvalue weighted by Gasteiger charge is -2.25. The molecule has 0 aliphatic heterocycles. The number of benzene rings is 3. The molecule has 5 aromatic rings. The fourth-order valence-corrected chi connectivity index (χ4v) is 4.38. The molecular formula is C31H31N3O4. The van der Waals surface area contributed by atoms with E-state index in [-0.39, 0.29) is 0 Å². The van der Waals surface area contributed by atoms with Crippen LogP contribution in [0.1, 0.15) is 28.7 Å². The Morgan fingerprint density at radius 3 is 2.21 bits per heavy atom. The zero-order valence-corrected chi connectivity index (χ0v) is 21.5. The molecule has 194 valence electrons. The first-order chi connectivity index (χ1) is 18.6. The van der Waals surface area contributed by atoms with Crippen LogP contribution in [0.4, 0.5) is 0 Å². The van der Waals surface area contributed by atoms with Gasteiger partial charge < -0.3 is 19.0 Å². The van der Waals surface area contributed by atoms with Crippen LogP contribution < -0.4 is 9.47 Å². The van der Waals surface area contributed by atoms with Crippen molar-refractivity contribution < 1.29 is 19.0 Å². The van der Waals surface area contributed by atoms with E-state index in [1.165, 1.54) is 0 Å². The lowest BCUT2D eigenvalue weighted by molar-refractivity contribution is 0.0998. The number of rotatable bonds is 11. The van der Waals surface area contributed by atoms with Gasteiger partial charge in [-0.05, 0) is 61.0 Å². The molecule has 38 heavy (non-hydrogen) atoms. The fourth-order valence-electron chi connectivity index (χ4n) is 4.38. The Balaban J connectivity index is 1.50. The van der Waals surface area contributed by atoms with E-state index in [1.54, 1.807) is 13.4 Å². The van der Waals surface area contributed by atoms with Crippen LogP contribution in [-0.2, 0) is 13.1 Å². The highest BCUT2D eigenvalue weighted by Gasteiger charge is 2.23. The number of methoxy groups -OCH3 is 1. The number of aliphatic hydroxyl groups excluding tert-OH is 1. The number of aliphatic hydroxyl groups is 1. The third-order valence-electron chi connectivity index (χ3n) is 6.37. The first-order valence-corrected chi connectivity index (χ1v) is 12.5. The van der Waals surface area contributed by atoms with E-state index in [0.717, 1.165) is 34.0 Å². The number of hydrogen-bond acceptors (Lipinski definition) is 6. The Labute approximate surface area is 222 Å². The molecule has 0 aliphatic rings. The van der Waals surface area contributed by atoms with Crippen LogP contribution in [0.5, 0.6) is 17.4 Å². The van der Waals surface area contributed by atoms with Gasteiger partial charge in [0, 0.05) is 13.1 Å².